The maximum atomic E-state index is 6.32. The molecular formula is C15H16BrNO2. The van der Waals surface area contributed by atoms with Gasteiger partial charge in [-0.05, 0) is 35.9 Å². The van der Waals surface area contributed by atoms with Crippen molar-refractivity contribution in [1.29, 1.82) is 0 Å². The molecule has 2 rings (SSSR count). The highest BCUT2D eigenvalue weighted by Crippen LogP contribution is 2.32. The van der Waals surface area contributed by atoms with E-state index in [1.165, 1.54) is 0 Å². The molecule has 100 valence electrons. The van der Waals surface area contributed by atoms with Crippen molar-refractivity contribution in [2.45, 2.75) is 6.04 Å². The third-order valence-electron chi connectivity index (χ3n) is 3.00. The Morgan fingerprint density at radius 1 is 1.00 bits per heavy atom. The predicted octanol–water partition coefficient (Wildman–Crippen LogP) is 3.51. The lowest BCUT2D eigenvalue weighted by atomic mass is 9.98. The highest BCUT2D eigenvalue weighted by molar-refractivity contribution is 9.10. The van der Waals surface area contributed by atoms with E-state index >= 15 is 0 Å². The Hall–Kier alpha value is -1.52. The van der Waals surface area contributed by atoms with Crippen LogP contribution in [0.5, 0.6) is 11.5 Å². The molecular weight excluding hydrogens is 306 g/mol. The molecule has 4 heteroatoms. The second-order valence-electron chi connectivity index (χ2n) is 4.14. The summed E-state index contributed by atoms with van der Waals surface area (Å²) in [4.78, 5) is 0. The summed E-state index contributed by atoms with van der Waals surface area (Å²) in [5, 5.41) is 0. The molecule has 19 heavy (non-hydrogen) atoms. The van der Waals surface area contributed by atoms with Gasteiger partial charge >= 0.3 is 0 Å². The summed E-state index contributed by atoms with van der Waals surface area (Å²) in [5.41, 5.74) is 8.25. The van der Waals surface area contributed by atoms with Crippen molar-refractivity contribution in [3.63, 3.8) is 0 Å². The number of hydrogen-bond donors (Lipinski definition) is 1. The number of benzene rings is 2. The van der Waals surface area contributed by atoms with Gasteiger partial charge in [-0.2, -0.15) is 0 Å². The smallest absolute Gasteiger partial charge is 0.124 e. The quantitative estimate of drug-likeness (QED) is 0.937. The largest absolute Gasteiger partial charge is 0.497 e. The van der Waals surface area contributed by atoms with Gasteiger partial charge in [-0.25, -0.2) is 0 Å². The van der Waals surface area contributed by atoms with Gasteiger partial charge in [0.2, 0.25) is 0 Å². The summed E-state index contributed by atoms with van der Waals surface area (Å²) in [6.45, 7) is 0. The van der Waals surface area contributed by atoms with Crippen LogP contribution in [0.25, 0.3) is 0 Å². The second-order valence-corrected chi connectivity index (χ2v) is 5.05. The summed E-state index contributed by atoms with van der Waals surface area (Å²) < 4.78 is 11.6. The molecule has 0 aliphatic carbocycles. The van der Waals surface area contributed by atoms with E-state index in [2.05, 4.69) is 15.9 Å². The minimum Gasteiger partial charge on any atom is -0.497 e. The van der Waals surface area contributed by atoms with Crippen LogP contribution in [-0.2, 0) is 0 Å². The van der Waals surface area contributed by atoms with Gasteiger partial charge < -0.3 is 15.2 Å². The van der Waals surface area contributed by atoms with E-state index in [0.29, 0.717) is 0 Å². The summed E-state index contributed by atoms with van der Waals surface area (Å²) >= 11 is 3.42. The Labute approximate surface area is 121 Å². The fourth-order valence-electron chi connectivity index (χ4n) is 1.93. The number of halogens is 1. The summed E-state index contributed by atoms with van der Waals surface area (Å²) in [6, 6.07) is 13.3. The fourth-order valence-corrected chi connectivity index (χ4v) is 2.20. The van der Waals surface area contributed by atoms with E-state index in [4.69, 9.17) is 15.2 Å². The molecule has 0 spiro atoms. The van der Waals surface area contributed by atoms with Crippen molar-refractivity contribution < 1.29 is 9.47 Å². The first-order chi connectivity index (χ1) is 9.15. The van der Waals surface area contributed by atoms with E-state index in [1.807, 2.05) is 42.5 Å². The first-order valence-electron chi connectivity index (χ1n) is 5.88. The maximum Gasteiger partial charge on any atom is 0.124 e. The molecule has 0 aliphatic heterocycles. The van der Waals surface area contributed by atoms with Crippen molar-refractivity contribution in [2.75, 3.05) is 14.2 Å². The second kappa shape index (κ2) is 6.08. The summed E-state index contributed by atoms with van der Waals surface area (Å²) in [7, 11) is 3.27. The molecule has 0 fully saturated rings. The average Bonchev–Trinajstić information content (AvgIpc) is 2.46. The third kappa shape index (κ3) is 3.08. The first-order valence-corrected chi connectivity index (χ1v) is 6.68. The van der Waals surface area contributed by atoms with Crippen LogP contribution >= 0.6 is 15.9 Å². The highest BCUT2D eigenvalue weighted by atomic mass is 79.9. The normalized spacial score (nSPS) is 12.0. The van der Waals surface area contributed by atoms with E-state index in [-0.39, 0.29) is 6.04 Å². The molecule has 0 saturated heterocycles. The van der Waals surface area contributed by atoms with Crippen LogP contribution in [-0.4, -0.2) is 14.2 Å². The third-order valence-corrected chi connectivity index (χ3v) is 3.53. The molecule has 2 aromatic carbocycles. The zero-order valence-corrected chi connectivity index (χ0v) is 12.5. The van der Waals surface area contributed by atoms with Gasteiger partial charge in [0, 0.05) is 10.0 Å². The Morgan fingerprint density at radius 2 is 1.68 bits per heavy atom. The monoisotopic (exact) mass is 321 g/mol. The van der Waals surface area contributed by atoms with Crippen molar-refractivity contribution in [1.82, 2.24) is 0 Å². The van der Waals surface area contributed by atoms with Gasteiger partial charge in [0.05, 0.1) is 20.3 Å². The lowest BCUT2D eigenvalue weighted by Crippen LogP contribution is -2.13. The van der Waals surface area contributed by atoms with Gasteiger partial charge in [-0.1, -0.05) is 28.1 Å². The van der Waals surface area contributed by atoms with Crippen LogP contribution in [0.1, 0.15) is 17.2 Å². The van der Waals surface area contributed by atoms with E-state index in [1.54, 1.807) is 14.2 Å². The topological polar surface area (TPSA) is 44.5 Å². The molecule has 3 nitrogen and oxygen atoms in total. The molecule has 1 unspecified atom stereocenters. The van der Waals surface area contributed by atoms with Crippen molar-refractivity contribution in [3.8, 4) is 11.5 Å². The van der Waals surface area contributed by atoms with Crippen molar-refractivity contribution in [2.24, 2.45) is 5.73 Å². The number of rotatable bonds is 4. The van der Waals surface area contributed by atoms with Crippen molar-refractivity contribution in [3.05, 3.63) is 58.1 Å². The number of ether oxygens (including phenoxy) is 2. The lowest BCUT2D eigenvalue weighted by Gasteiger charge is -2.17. The molecule has 0 radical (unpaired) electrons. The van der Waals surface area contributed by atoms with Gasteiger partial charge in [-0.15, -0.1) is 0 Å². The van der Waals surface area contributed by atoms with Crippen LogP contribution in [0, 0.1) is 0 Å². The summed E-state index contributed by atoms with van der Waals surface area (Å²) in [6.07, 6.45) is 0. The Kier molecular flexibility index (Phi) is 4.45. The molecule has 0 heterocycles. The van der Waals surface area contributed by atoms with Crippen LogP contribution in [0.3, 0.4) is 0 Å². The van der Waals surface area contributed by atoms with Gasteiger partial charge in [-0.3, -0.25) is 0 Å². The number of methoxy groups -OCH3 is 2. The zero-order chi connectivity index (χ0) is 13.8. The molecule has 1 atom stereocenters. The van der Waals surface area contributed by atoms with E-state index in [9.17, 15) is 0 Å². The highest BCUT2D eigenvalue weighted by Gasteiger charge is 2.15. The molecule has 0 aliphatic rings. The lowest BCUT2D eigenvalue weighted by molar-refractivity contribution is 0.397. The maximum absolute atomic E-state index is 6.32. The minimum absolute atomic E-state index is 0.252. The van der Waals surface area contributed by atoms with Crippen LogP contribution < -0.4 is 15.2 Å². The average molecular weight is 322 g/mol. The minimum atomic E-state index is -0.252. The van der Waals surface area contributed by atoms with Crippen LogP contribution in [0.2, 0.25) is 0 Å². The summed E-state index contributed by atoms with van der Waals surface area (Å²) in [5.74, 6) is 1.53. The zero-order valence-electron chi connectivity index (χ0n) is 10.9. The molecule has 2 aromatic rings. The first kappa shape index (κ1) is 13.9. The predicted molar refractivity (Wildman–Crippen MR) is 79.7 cm³/mol. The molecule has 0 saturated carbocycles. The van der Waals surface area contributed by atoms with E-state index < -0.39 is 0 Å². The standard InChI is InChI=1S/C15H16BrNO2/c1-18-12-7-8-14(19-2)13(9-12)15(17)10-3-5-11(16)6-4-10/h3-9,15H,17H2,1-2H3. The van der Waals surface area contributed by atoms with Crippen molar-refractivity contribution >= 4 is 15.9 Å². The SMILES string of the molecule is COc1ccc(OC)c(C(N)c2ccc(Br)cc2)c1. The Morgan fingerprint density at radius 3 is 2.26 bits per heavy atom. The molecule has 0 amide bonds. The number of hydrogen-bond acceptors (Lipinski definition) is 3. The molecule has 2 N–H and O–H groups in total. The van der Waals surface area contributed by atoms with Gasteiger partial charge in [0.15, 0.2) is 0 Å². The molecule has 0 bridgehead atoms. The van der Waals surface area contributed by atoms with Gasteiger partial charge in [0.25, 0.3) is 0 Å². The van der Waals surface area contributed by atoms with Gasteiger partial charge in [0.1, 0.15) is 11.5 Å². The van der Waals surface area contributed by atoms with Crippen LogP contribution in [0.4, 0.5) is 0 Å². The Balaban J connectivity index is 2.41. The fraction of sp³-hybridized carbons (Fsp3) is 0.200. The Bertz CT molecular complexity index is 555. The van der Waals surface area contributed by atoms with Crippen LogP contribution in [0.15, 0.2) is 46.9 Å². The molecule has 0 aromatic heterocycles. The van der Waals surface area contributed by atoms with E-state index in [0.717, 1.165) is 27.1 Å². The number of nitrogens with two attached hydrogens (primary N) is 1.